The summed E-state index contributed by atoms with van der Waals surface area (Å²) in [4.78, 5) is 21.1. The molecule has 2 aromatic heterocycles. The summed E-state index contributed by atoms with van der Waals surface area (Å²) in [6, 6.07) is 1.82. The first-order chi connectivity index (χ1) is 11.1. The molecular weight excluding hydrogens is 294 g/mol. The molecule has 0 saturated carbocycles. The Hall–Kier alpha value is -2.28. The molecule has 0 aliphatic carbocycles. The number of aromatic nitrogens is 4. The minimum atomic E-state index is -0.142. The van der Waals surface area contributed by atoms with Crippen molar-refractivity contribution < 1.29 is 9.53 Å². The van der Waals surface area contributed by atoms with Crippen LogP contribution in [0.1, 0.15) is 46.3 Å². The number of hydrogen-bond donors (Lipinski definition) is 1. The summed E-state index contributed by atoms with van der Waals surface area (Å²) in [5.74, 6) is 0.908. The van der Waals surface area contributed by atoms with Crippen LogP contribution < -0.4 is 5.32 Å². The molecule has 1 N–H and O–H groups in total. The molecule has 0 spiro atoms. The van der Waals surface area contributed by atoms with Gasteiger partial charge in [-0.25, -0.2) is 9.97 Å². The third-order valence-electron chi connectivity index (χ3n) is 3.95. The van der Waals surface area contributed by atoms with Gasteiger partial charge in [0.1, 0.15) is 5.82 Å². The SMILES string of the molecule is Cc1nn(C)cc1C(=O)NCc1ccnc([C@H]2CCCOC2)n1. The predicted octanol–water partition coefficient (Wildman–Crippen LogP) is 1.34. The number of amides is 1. The first kappa shape index (κ1) is 15.6. The summed E-state index contributed by atoms with van der Waals surface area (Å²) < 4.78 is 7.12. The highest BCUT2D eigenvalue weighted by Gasteiger charge is 2.19. The number of rotatable bonds is 4. The molecular formula is C16H21N5O2. The topological polar surface area (TPSA) is 81.9 Å². The van der Waals surface area contributed by atoms with Gasteiger partial charge in [-0.15, -0.1) is 0 Å². The van der Waals surface area contributed by atoms with Crippen LogP contribution >= 0.6 is 0 Å². The number of ether oxygens (including phenoxy) is 1. The molecule has 1 atom stereocenters. The molecule has 3 rings (SSSR count). The number of carbonyl (C=O) groups excluding carboxylic acids is 1. The summed E-state index contributed by atoms with van der Waals surface area (Å²) >= 11 is 0. The van der Waals surface area contributed by atoms with Gasteiger partial charge in [-0.1, -0.05) is 0 Å². The fourth-order valence-corrected chi connectivity index (χ4v) is 2.74. The van der Waals surface area contributed by atoms with E-state index in [-0.39, 0.29) is 11.8 Å². The second kappa shape index (κ2) is 6.87. The Morgan fingerprint density at radius 1 is 1.52 bits per heavy atom. The van der Waals surface area contributed by atoms with E-state index in [2.05, 4.69) is 20.4 Å². The Kier molecular flexibility index (Phi) is 4.66. The highest BCUT2D eigenvalue weighted by molar-refractivity contribution is 5.94. The summed E-state index contributed by atoms with van der Waals surface area (Å²) in [6.07, 6.45) is 5.54. The summed E-state index contributed by atoms with van der Waals surface area (Å²) in [5.41, 5.74) is 2.10. The molecule has 0 aromatic carbocycles. The van der Waals surface area contributed by atoms with Crippen molar-refractivity contribution in [3.05, 3.63) is 41.2 Å². The smallest absolute Gasteiger partial charge is 0.255 e. The Balaban J connectivity index is 1.64. The molecule has 122 valence electrons. The van der Waals surface area contributed by atoms with Crippen LogP contribution in [0.5, 0.6) is 0 Å². The third kappa shape index (κ3) is 3.73. The van der Waals surface area contributed by atoms with Crippen LogP contribution in [0, 0.1) is 6.92 Å². The lowest BCUT2D eigenvalue weighted by atomic mass is 10.0. The quantitative estimate of drug-likeness (QED) is 0.921. The number of nitrogens with zero attached hydrogens (tertiary/aromatic N) is 4. The molecule has 7 nitrogen and oxygen atoms in total. The van der Waals surface area contributed by atoms with E-state index in [0.29, 0.717) is 24.4 Å². The van der Waals surface area contributed by atoms with Crippen LogP contribution in [0.4, 0.5) is 0 Å². The van der Waals surface area contributed by atoms with Gasteiger partial charge < -0.3 is 10.1 Å². The van der Waals surface area contributed by atoms with Gasteiger partial charge >= 0.3 is 0 Å². The number of aryl methyl sites for hydroxylation is 2. The molecule has 1 saturated heterocycles. The van der Waals surface area contributed by atoms with E-state index in [1.54, 1.807) is 24.1 Å². The van der Waals surface area contributed by atoms with Crippen LogP contribution in [0.2, 0.25) is 0 Å². The van der Waals surface area contributed by atoms with Crippen molar-refractivity contribution in [1.82, 2.24) is 25.1 Å². The fraction of sp³-hybridized carbons (Fsp3) is 0.500. The molecule has 2 aromatic rings. The molecule has 1 aliphatic heterocycles. The molecule has 3 heterocycles. The van der Waals surface area contributed by atoms with E-state index in [4.69, 9.17) is 4.74 Å². The van der Waals surface area contributed by atoms with Gasteiger partial charge in [0, 0.05) is 32.0 Å². The zero-order valence-corrected chi connectivity index (χ0v) is 13.5. The summed E-state index contributed by atoms with van der Waals surface area (Å²) in [5, 5.41) is 7.06. The van der Waals surface area contributed by atoms with Gasteiger partial charge in [-0.2, -0.15) is 5.10 Å². The number of nitrogens with one attached hydrogen (secondary N) is 1. The van der Waals surface area contributed by atoms with Crippen molar-refractivity contribution in [2.24, 2.45) is 7.05 Å². The van der Waals surface area contributed by atoms with Crippen LogP contribution in [-0.4, -0.2) is 38.9 Å². The van der Waals surface area contributed by atoms with Crippen molar-refractivity contribution >= 4 is 5.91 Å². The lowest BCUT2D eigenvalue weighted by Gasteiger charge is -2.20. The first-order valence-electron chi connectivity index (χ1n) is 7.81. The molecule has 23 heavy (non-hydrogen) atoms. The maximum absolute atomic E-state index is 12.2. The second-order valence-corrected chi connectivity index (χ2v) is 5.80. The van der Waals surface area contributed by atoms with E-state index in [0.717, 1.165) is 31.0 Å². The number of carbonyl (C=O) groups is 1. The zero-order valence-electron chi connectivity index (χ0n) is 13.5. The fourth-order valence-electron chi connectivity index (χ4n) is 2.74. The van der Waals surface area contributed by atoms with Gasteiger partial charge in [0.2, 0.25) is 0 Å². The van der Waals surface area contributed by atoms with Gasteiger partial charge in [0.25, 0.3) is 5.91 Å². The minimum absolute atomic E-state index is 0.142. The van der Waals surface area contributed by atoms with Gasteiger partial charge in [-0.05, 0) is 25.8 Å². The monoisotopic (exact) mass is 315 g/mol. The molecule has 0 radical (unpaired) electrons. The molecule has 1 fully saturated rings. The van der Waals surface area contributed by atoms with E-state index in [9.17, 15) is 4.79 Å². The first-order valence-corrected chi connectivity index (χ1v) is 7.81. The van der Waals surface area contributed by atoms with Crippen molar-refractivity contribution in [2.45, 2.75) is 32.2 Å². The second-order valence-electron chi connectivity index (χ2n) is 5.80. The molecule has 1 amide bonds. The Bertz CT molecular complexity index is 692. The largest absolute Gasteiger partial charge is 0.381 e. The van der Waals surface area contributed by atoms with Gasteiger partial charge in [-0.3, -0.25) is 9.48 Å². The molecule has 1 aliphatic rings. The molecule has 7 heteroatoms. The van der Waals surface area contributed by atoms with Crippen molar-refractivity contribution in [3.63, 3.8) is 0 Å². The van der Waals surface area contributed by atoms with Crippen molar-refractivity contribution in [3.8, 4) is 0 Å². The Labute approximate surface area is 135 Å². The minimum Gasteiger partial charge on any atom is -0.381 e. The van der Waals surface area contributed by atoms with E-state index in [1.807, 2.05) is 13.0 Å². The lowest BCUT2D eigenvalue weighted by Crippen LogP contribution is -2.24. The molecule has 0 bridgehead atoms. The van der Waals surface area contributed by atoms with Crippen LogP contribution in [0.25, 0.3) is 0 Å². The van der Waals surface area contributed by atoms with E-state index < -0.39 is 0 Å². The predicted molar refractivity (Wildman–Crippen MR) is 83.9 cm³/mol. The standard InChI is InChI=1S/C16H21N5O2/c1-11-14(9-21(2)20-11)16(22)18-8-13-5-6-17-15(19-13)12-4-3-7-23-10-12/h5-6,9,12H,3-4,7-8,10H2,1-2H3,(H,18,22)/t12-/m0/s1. The maximum Gasteiger partial charge on any atom is 0.255 e. The number of hydrogen-bond acceptors (Lipinski definition) is 5. The average Bonchev–Trinajstić information content (AvgIpc) is 2.92. The highest BCUT2D eigenvalue weighted by atomic mass is 16.5. The zero-order chi connectivity index (χ0) is 16.2. The van der Waals surface area contributed by atoms with Crippen molar-refractivity contribution in [2.75, 3.05) is 13.2 Å². The molecule has 0 unspecified atom stereocenters. The normalized spacial score (nSPS) is 17.9. The Morgan fingerprint density at radius 2 is 2.39 bits per heavy atom. The summed E-state index contributed by atoms with van der Waals surface area (Å²) in [7, 11) is 1.80. The van der Waals surface area contributed by atoms with Crippen LogP contribution in [0.3, 0.4) is 0 Å². The van der Waals surface area contributed by atoms with Crippen LogP contribution in [0.15, 0.2) is 18.5 Å². The van der Waals surface area contributed by atoms with E-state index in [1.165, 1.54) is 0 Å². The summed E-state index contributed by atoms with van der Waals surface area (Å²) in [6.45, 7) is 3.68. The highest BCUT2D eigenvalue weighted by Crippen LogP contribution is 2.22. The Morgan fingerprint density at radius 3 is 3.09 bits per heavy atom. The third-order valence-corrected chi connectivity index (χ3v) is 3.95. The van der Waals surface area contributed by atoms with Gasteiger partial charge in [0.15, 0.2) is 0 Å². The average molecular weight is 315 g/mol. The van der Waals surface area contributed by atoms with Crippen LogP contribution in [-0.2, 0) is 18.3 Å². The van der Waals surface area contributed by atoms with E-state index >= 15 is 0 Å². The van der Waals surface area contributed by atoms with Gasteiger partial charge in [0.05, 0.1) is 30.1 Å². The maximum atomic E-state index is 12.2. The lowest BCUT2D eigenvalue weighted by molar-refractivity contribution is 0.0779. The van der Waals surface area contributed by atoms with Crippen molar-refractivity contribution in [1.29, 1.82) is 0 Å².